The molecule has 0 spiro atoms. The number of aryl methyl sites for hydroxylation is 3. The Bertz CT molecular complexity index is 1230. The maximum Gasteiger partial charge on any atom is 0.0725 e. The lowest BCUT2D eigenvalue weighted by molar-refractivity contribution is 0.330. The van der Waals surface area contributed by atoms with Crippen LogP contribution in [0, 0.1) is 6.92 Å². The molecule has 1 aliphatic rings. The first-order chi connectivity index (χ1) is 17.2. The van der Waals surface area contributed by atoms with Gasteiger partial charge in [0.1, 0.15) is 0 Å². The summed E-state index contributed by atoms with van der Waals surface area (Å²) >= 11 is 0. The van der Waals surface area contributed by atoms with Gasteiger partial charge >= 0.3 is 0 Å². The number of pyridine rings is 1. The Balaban J connectivity index is 1.13. The van der Waals surface area contributed by atoms with E-state index in [2.05, 4.69) is 107 Å². The Morgan fingerprint density at radius 2 is 1.54 bits per heavy atom. The van der Waals surface area contributed by atoms with Crippen LogP contribution >= 0.6 is 0 Å². The summed E-state index contributed by atoms with van der Waals surface area (Å²) in [6, 6.07) is 26.4. The lowest BCUT2D eigenvalue weighted by Crippen LogP contribution is -2.27. The SMILES string of the molecule is Cc1ccc2c(NCCCN(C)CCCN3c4ccccc4CCc4ccccc43)ccnc2c1. The molecule has 0 amide bonds. The van der Waals surface area contributed by atoms with E-state index in [0.29, 0.717) is 0 Å². The van der Waals surface area contributed by atoms with Gasteiger partial charge in [-0.2, -0.15) is 0 Å². The zero-order valence-corrected chi connectivity index (χ0v) is 21.0. The minimum Gasteiger partial charge on any atom is -0.384 e. The fraction of sp³-hybridized carbons (Fsp3) is 0.323. The molecule has 0 saturated carbocycles. The average Bonchev–Trinajstić information content (AvgIpc) is 3.04. The van der Waals surface area contributed by atoms with Crippen molar-refractivity contribution in [3.05, 3.63) is 95.7 Å². The molecule has 3 aromatic carbocycles. The minimum atomic E-state index is 0.963. The molecule has 0 atom stereocenters. The number of aromatic nitrogens is 1. The molecule has 4 aromatic rings. The van der Waals surface area contributed by atoms with Crippen molar-refractivity contribution in [2.75, 3.05) is 43.4 Å². The van der Waals surface area contributed by atoms with Crippen LogP contribution in [0.4, 0.5) is 17.1 Å². The molecule has 0 radical (unpaired) electrons. The topological polar surface area (TPSA) is 31.4 Å². The van der Waals surface area contributed by atoms with Crippen LogP contribution in [0.1, 0.15) is 29.5 Å². The Labute approximate surface area is 209 Å². The molecule has 4 nitrogen and oxygen atoms in total. The van der Waals surface area contributed by atoms with Crippen molar-refractivity contribution in [1.82, 2.24) is 9.88 Å². The van der Waals surface area contributed by atoms with Crippen LogP contribution in [0.3, 0.4) is 0 Å². The van der Waals surface area contributed by atoms with E-state index in [4.69, 9.17) is 0 Å². The van der Waals surface area contributed by atoms with E-state index in [1.807, 2.05) is 6.20 Å². The number of para-hydroxylation sites is 2. The molecule has 2 heterocycles. The molecule has 0 fully saturated rings. The van der Waals surface area contributed by atoms with Crippen molar-refractivity contribution in [2.45, 2.75) is 32.6 Å². The number of fused-ring (bicyclic) bond motifs is 3. The third kappa shape index (κ3) is 5.49. The van der Waals surface area contributed by atoms with Crippen molar-refractivity contribution in [1.29, 1.82) is 0 Å². The van der Waals surface area contributed by atoms with Crippen molar-refractivity contribution in [2.24, 2.45) is 0 Å². The number of nitrogens with zero attached hydrogens (tertiary/aromatic N) is 3. The van der Waals surface area contributed by atoms with Crippen molar-refractivity contribution in [3.8, 4) is 0 Å². The first-order valence-corrected chi connectivity index (χ1v) is 12.9. The lowest BCUT2D eigenvalue weighted by Gasteiger charge is -2.28. The summed E-state index contributed by atoms with van der Waals surface area (Å²) in [5.74, 6) is 0. The highest BCUT2D eigenvalue weighted by Crippen LogP contribution is 2.35. The zero-order valence-electron chi connectivity index (χ0n) is 21.0. The molecule has 4 heteroatoms. The van der Waals surface area contributed by atoms with Gasteiger partial charge in [-0.25, -0.2) is 0 Å². The fourth-order valence-corrected chi connectivity index (χ4v) is 5.21. The summed E-state index contributed by atoms with van der Waals surface area (Å²) in [5, 5.41) is 4.82. The number of nitrogens with one attached hydrogen (secondary N) is 1. The molecule has 1 aliphatic heterocycles. The third-order valence-corrected chi connectivity index (χ3v) is 7.08. The smallest absolute Gasteiger partial charge is 0.0725 e. The van der Waals surface area contributed by atoms with Crippen LogP contribution in [0.5, 0.6) is 0 Å². The molecule has 1 aromatic heterocycles. The predicted octanol–water partition coefficient (Wildman–Crippen LogP) is 6.60. The zero-order chi connectivity index (χ0) is 24.0. The van der Waals surface area contributed by atoms with Gasteiger partial charge in [-0.05, 0) is 93.7 Å². The Hall–Kier alpha value is -3.37. The van der Waals surface area contributed by atoms with E-state index < -0.39 is 0 Å². The van der Waals surface area contributed by atoms with Gasteiger partial charge in [0.15, 0.2) is 0 Å². The normalized spacial score (nSPS) is 12.9. The summed E-state index contributed by atoms with van der Waals surface area (Å²) in [6.45, 7) is 6.30. The second-order valence-corrected chi connectivity index (χ2v) is 9.73. The number of hydrogen-bond acceptors (Lipinski definition) is 4. The summed E-state index contributed by atoms with van der Waals surface area (Å²) in [7, 11) is 2.24. The summed E-state index contributed by atoms with van der Waals surface area (Å²) < 4.78 is 0. The highest BCUT2D eigenvalue weighted by atomic mass is 15.2. The predicted molar refractivity (Wildman–Crippen MR) is 149 cm³/mol. The Morgan fingerprint density at radius 1 is 0.857 bits per heavy atom. The van der Waals surface area contributed by atoms with Gasteiger partial charge in [0.25, 0.3) is 0 Å². The molecular formula is C31H36N4. The second-order valence-electron chi connectivity index (χ2n) is 9.73. The molecule has 180 valence electrons. The van der Waals surface area contributed by atoms with E-state index in [9.17, 15) is 0 Å². The van der Waals surface area contributed by atoms with Crippen LogP contribution in [-0.4, -0.2) is 43.1 Å². The molecule has 35 heavy (non-hydrogen) atoms. The van der Waals surface area contributed by atoms with Crippen LogP contribution in [0.2, 0.25) is 0 Å². The largest absolute Gasteiger partial charge is 0.384 e. The van der Waals surface area contributed by atoms with Crippen LogP contribution in [0.15, 0.2) is 79.0 Å². The van der Waals surface area contributed by atoms with E-state index >= 15 is 0 Å². The van der Waals surface area contributed by atoms with Crippen LogP contribution in [-0.2, 0) is 12.8 Å². The summed E-state index contributed by atoms with van der Waals surface area (Å²) in [6.07, 6.45) is 6.38. The summed E-state index contributed by atoms with van der Waals surface area (Å²) in [5.41, 5.74) is 9.16. The summed E-state index contributed by atoms with van der Waals surface area (Å²) in [4.78, 5) is 9.52. The molecular weight excluding hydrogens is 428 g/mol. The van der Waals surface area contributed by atoms with Gasteiger partial charge < -0.3 is 15.1 Å². The maximum atomic E-state index is 4.51. The quantitative estimate of drug-likeness (QED) is 0.283. The first kappa shape index (κ1) is 23.4. The van der Waals surface area contributed by atoms with E-state index in [1.165, 1.54) is 39.1 Å². The van der Waals surface area contributed by atoms with Gasteiger partial charge in [-0.1, -0.05) is 48.5 Å². The van der Waals surface area contributed by atoms with Gasteiger partial charge in [0.05, 0.1) is 5.52 Å². The van der Waals surface area contributed by atoms with Crippen molar-refractivity contribution < 1.29 is 0 Å². The molecule has 0 saturated heterocycles. The van der Waals surface area contributed by atoms with Gasteiger partial charge in [-0.3, -0.25) is 4.98 Å². The average molecular weight is 465 g/mol. The molecule has 1 N–H and O–H groups in total. The number of benzene rings is 3. The minimum absolute atomic E-state index is 0.963. The third-order valence-electron chi connectivity index (χ3n) is 7.08. The fourth-order valence-electron chi connectivity index (χ4n) is 5.21. The Morgan fingerprint density at radius 3 is 2.29 bits per heavy atom. The van der Waals surface area contributed by atoms with Crippen molar-refractivity contribution >= 4 is 28.0 Å². The van der Waals surface area contributed by atoms with Gasteiger partial charge in [0, 0.05) is 41.7 Å². The molecule has 0 aliphatic carbocycles. The van der Waals surface area contributed by atoms with E-state index in [1.54, 1.807) is 0 Å². The number of rotatable bonds is 9. The second kappa shape index (κ2) is 10.9. The maximum absolute atomic E-state index is 4.51. The highest BCUT2D eigenvalue weighted by molar-refractivity contribution is 5.91. The van der Waals surface area contributed by atoms with Gasteiger partial charge in [0.2, 0.25) is 0 Å². The van der Waals surface area contributed by atoms with E-state index in [0.717, 1.165) is 57.4 Å². The van der Waals surface area contributed by atoms with Crippen LogP contribution in [0.25, 0.3) is 10.9 Å². The Kier molecular flexibility index (Phi) is 7.29. The van der Waals surface area contributed by atoms with Gasteiger partial charge in [-0.15, -0.1) is 0 Å². The monoisotopic (exact) mass is 464 g/mol. The first-order valence-electron chi connectivity index (χ1n) is 12.9. The molecule has 5 rings (SSSR count). The molecule has 0 unspecified atom stereocenters. The van der Waals surface area contributed by atoms with E-state index in [-0.39, 0.29) is 0 Å². The number of hydrogen-bond donors (Lipinski definition) is 1. The standard InChI is InChI=1S/C31H36N4/c1-24-13-16-27-28(17-19-33-29(27)23-24)32-18-7-20-34(2)21-8-22-35-30-11-5-3-9-25(30)14-15-26-10-4-6-12-31(26)35/h3-6,9-13,16-17,19,23H,7-8,14-15,18,20-22H2,1-2H3,(H,32,33). The lowest BCUT2D eigenvalue weighted by atomic mass is 10.0. The van der Waals surface area contributed by atoms with Crippen LogP contribution < -0.4 is 10.2 Å². The highest BCUT2D eigenvalue weighted by Gasteiger charge is 2.19. The van der Waals surface area contributed by atoms with Crippen molar-refractivity contribution in [3.63, 3.8) is 0 Å². The number of anilines is 3. The molecule has 0 bridgehead atoms.